The van der Waals surface area contributed by atoms with Crippen LogP contribution in [0.2, 0.25) is 0 Å². The van der Waals surface area contributed by atoms with Gasteiger partial charge in [-0.2, -0.15) is 4.98 Å². The van der Waals surface area contributed by atoms with Crippen molar-refractivity contribution in [1.82, 2.24) is 25.1 Å². The first kappa shape index (κ1) is 19.8. The number of fused-ring (bicyclic) bond motifs is 1. The molecule has 0 saturated heterocycles. The Labute approximate surface area is 183 Å². The van der Waals surface area contributed by atoms with Crippen LogP contribution in [-0.4, -0.2) is 38.0 Å². The van der Waals surface area contributed by atoms with Crippen molar-refractivity contribution in [3.05, 3.63) is 59.8 Å². The highest BCUT2D eigenvalue weighted by molar-refractivity contribution is 7.98. The molecule has 158 valence electrons. The molecule has 4 aromatic rings. The third-order valence-corrected chi connectivity index (χ3v) is 5.88. The van der Waals surface area contributed by atoms with Crippen LogP contribution in [0.3, 0.4) is 0 Å². The maximum Gasteiger partial charge on any atom is 0.280 e. The van der Waals surface area contributed by atoms with Crippen LogP contribution in [0, 0.1) is 0 Å². The molecule has 1 atom stereocenters. The number of hydrogen-bond acceptors (Lipinski definition) is 8. The van der Waals surface area contributed by atoms with Gasteiger partial charge in [-0.3, -0.25) is 0 Å². The van der Waals surface area contributed by atoms with Crippen molar-refractivity contribution < 1.29 is 14.0 Å². The molecule has 2 aromatic heterocycles. The molecule has 1 aliphatic rings. The van der Waals surface area contributed by atoms with E-state index < -0.39 is 0 Å². The number of nitrogens with zero attached hydrogens (tertiary/aromatic N) is 5. The monoisotopic (exact) mass is 435 g/mol. The largest absolute Gasteiger partial charge is 0.494 e. The van der Waals surface area contributed by atoms with Crippen LogP contribution >= 0.6 is 11.8 Å². The van der Waals surface area contributed by atoms with E-state index in [4.69, 9.17) is 14.0 Å². The first-order valence-corrected chi connectivity index (χ1v) is 11.2. The van der Waals surface area contributed by atoms with Crippen LogP contribution in [0.4, 0.5) is 0 Å². The van der Waals surface area contributed by atoms with Crippen molar-refractivity contribution in [2.75, 3.05) is 12.9 Å². The molecule has 0 bridgehead atoms. The molecule has 9 heteroatoms. The second-order valence-corrected chi connectivity index (χ2v) is 7.90. The number of benzene rings is 2. The molecule has 3 heterocycles. The average Bonchev–Trinajstić information content (AvgIpc) is 3.46. The molecule has 8 nitrogen and oxygen atoms in total. The van der Waals surface area contributed by atoms with Gasteiger partial charge in [0.25, 0.3) is 5.89 Å². The molecule has 0 fully saturated rings. The number of rotatable bonds is 6. The van der Waals surface area contributed by atoms with Crippen molar-refractivity contribution >= 4 is 11.8 Å². The van der Waals surface area contributed by atoms with Gasteiger partial charge in [0.2, 0.25) is 5.82 Å². The lowest BCUT2D eigenvalue weighted by atomic mass is 10.1. The third kappa shape index (κ3) is 3.94. The Kier molecular flexibility index (Phi) is 5.44. The van der Waals surface area contributed by atoms with Gasteiger partial charge in [0, 0.05) is 10.5 Å². The molecule has 5 rings (SSSR count). The number of hydrogen-bond donors (Lipinski definition) is 0. The van der Waals surface area contributed by atoms with Gasteiger partial charge < -0.3 is 14.0 Å². The SMILES string of the molecule is CCOc1ccc([C@H]2Cn3nnc(-c4nc(-c5ccc(SC)cc5)no4)c3CO2)cc1. The van der Waals surface area contributed by atoms with Gasteiger partial charge in [-0.1, -0.05) is 22.5 Å². The quantitative estimate of drug-likeness (QED) is 0.412. The Balaban J connectivity index is 1.34. The van der Waals surface area contributed by atoms with Gasteiger partial charge in [-0.05, 0) is 55.1 Å². The van der Waals surface area contributed by atoms with E-state index in [9.17, 15) is 0 Å². The minimum Gasteiger partial charge on any atom is -0.494 e. The summed E-state index contributed by atoms with van der Waals surface area (Å²) in [4.78, 5) is 5.70. The Morgan fingerprint density at radius 2 is 1.94 bits per heavy atom. The van der Waals surface area contributed by atoms with Crippen molar-refractivity contribution in [2.45, 2.75) is 31.1 Å². The van der Waals surface area contributed by atoms with Gasteiger partial charge in [0.15, 0.2) is 5.69 Å². The summed E-state index contributed by atoms with van der Waals surface area (Å²) in [5.74, 6) is 1.71. The lowest BCUT2D eigenvalue weighted by molar-refractivity contribution is -0.00119. The first-order chi connectivity index (χ1) is 15.2. The predicted molar refractivity (Wildman–Crippen MR) is 116 cm³/mol. The van der Waals surface area contributed by atoms with Gasteiger partial charge in [0.05, 0.1) is 25.5 Å². The van der Waals surface area contributed by atoms with E-state index in [0.29, 0.717) is 37.2 Å². The van der Waals surface area contributed by atoms with E-state index in [2.05, 4.69) is 20.5 Å². The summed E-state index contributed by atoms with van der Waals surface area (Å²) in [6, 6.07) is 16.0. The fourth-order valence-corrected chi connectivity index (χ4v) is 3.91. The summed E-state index contributed by atoms with van der Waals surface area (Å²) in [5.41, 5.74) is 3.35. The highest BCUT2D eigenvalue weighted by atomic mass is 32.2. The van der Waals surface area contributed by atoms with E-state index in [1.54, 1.807) is 11.8 Å². The minimum atomic E-state index is -0.106. The normalized spacial score (nSPS) is 15.6. The minimum absolute atomic E-state index is 0.106. The van der Waals surface area contributed by atoms with Gasteiger partial charge in [0.1, 0.15) is 11.9 Å². The fourth-order valence-electron chi connectivity index (χ4n) is 3.50. The van der Waals surface area contributed by atoms with E-state index >= 15 is 0 Å². The lowest BCUT2D eigenvalue weighted by Gasteiger charge is -2.24. The molecule has 0 aliphatic carbocycles. The Bertz CT molecular complexity index is 1170. The molecular formula is C22H21N5O3S. The summed E-state index contributed by atoms with van der Waals surface area (Å²) in [6.07, 6.45) is 1.93. The first-order valence-electron chi connectivity index (χ1n) is 10.0. The zero-order valence-electron chi connectivity index (χ0n) is 17.2. The van der Waals surface area contributed by atoms with E-state index in [1.165, 1.54) is 4.90 Å². The fraction of sp³-hybridized carbons (Fsp3) is 0.273. The molecular weight excluding hydrogens is 414 g/mol. The zero-order valence-corrected chi connectivity index (χ0v) is 18.0. The summed E-state index contributed by atoms with van der Waals surface area (Å²) < 4.78 is 18.9. The number of aromatic nitrogens is 5. The molecule has 0 amide bonds. The molecule has 0 saturated carbocycles. The Morgan fingerprint density at radius 3 is 2.68 bits per heavy atom. The van der Waals surface area contributed by atoms with Crippen LogP contribution in [0.1, 0.15) is 24.3 Å². The summed E-state index contributed by atoms with van der Waals surface area (Å²) in [6.45, 7) is 3.54. The van der Waals surface area contributed by atoms with E-state index in [1.807, 2.05) is 66.4 Å². The topological polar surface area (TPSA) is 88.1 Å². The Hall–Kier alpha value is -3.17. The summed E-state index contributed by atoms with van der Waals surface area (Å²) in [7, 11) is 0. The maximum absolute atomic E-state index is 6.09. The molecule has 31 heavy (non-hydrogen) atoms. The van der Waals surface area contributed by atoms with Gasteiger partial charge in [-0.15, -0.1) is 16.9 Å². The number of thioether (sulfide) groups is 1. The van der Waals surface area contributed by atoms with Crippen molar-refractivity contribution in [2.24, 2.45) is 0 Å². The van der Waals surface area contributed by atoms with Crippen molar-refractivity contribution in [3.63, 3.8) is 0 Å². The van der Waals surface area contributed by atoms with Crippen LogP contribution in [0.5, 0.6) is 5.75 Å². The maximum atomic E-state index is 6.09. The lowest BCUT2D eigenvalue weighted by Crippen LogP contribution is -2.22. The molecule has 0 unspecified atom stereocenters. The molecule has 0 N–H and O–H groups in total. The summed E-state index contributed by atoms with van der Waals surface area (Å²) >= 11 is 1.69. The highest BCUT2D eigenvalue weighted by Gasteiger charge is 2.28. The van der Waals surface area contributed by atoms with Gasteiger partial charge >= 0.3 is 0 Å². The second-order valence-electron chi connectivity index (χ2n) is 7.02. The molecule has 2 aromatic carbocycles. The predicted octanol–water partition coefficient (Wildman–Crippen LogP) is 4.39. The summed E-state index contributed by atoms with van der Waals surface area (Å²) in [5, 5.41) is 12.7. The van der Waals surface area contributed by atoms with Crippen LogP contribution < -0.4 is 4.74 Å². The molecule has 0 spiro atoms. The van der Waals surface area contributed by atoms with E-state index in [0.717, 1.165) is 22.6 Å². The second kappa shape index (κ2) is 8.52. The van der Waals surface area contributed by atoms with Gasteiger partial charge in [-0.25, -0.2) is 4.68 Å². The Morgan fingerprint density at radius 1 is 1.13 bits per heavy atom. The van der Waals surface area contributed by atoms with Crippen molar-refractivity contribution in [1.29, 1.82) is 0 Å². The highest BCUT2D eigenvalue weighted by Crippen LogP contribution is 2.31. The molecule has 1 aliphatic heterocycles. The average molecular weight is 436 g/mol. The third-order valence-electron chi connectivity index (χ3n) is 5.14. The number of ether oxygens (including phenoxy) is 2. The van der Waals surface area contributed by atoms with Crippen molar-refractivity contribution in [3.8, 4) is 28.7 Å². The van der Waals surface area contributed by atoms with Crippen LogP contribution in [-0.2, 0) is 17.9 Å². The van der Waals surface area contributed by atoms with E-state index in [-0.39, 0.29) is 6.10 Å². The molecule has 0 radical (unpaired) electrons. The zero-order chi connectivity index (χ0) is 21.2. The standard InChI is InChI=1S/C22H21N5O3S/c1-3-28-16-8-4-14(5-9-16)19-12-27-18(13-29-19)20(24-26-27)22-23-21(25-30-22)15-6-10-17(31-2)11-7-15/h4-11,19H,3,12-13H2,1-2H3/t19-/m1/s1. The smallest absolute Gasteiger partial charge is 0.280 e. The van der Waals surface area contributed by atoms with Crippen LogP contribution in [0.15, 0.2) is 57.9 Å². The van der Waals surface area contributed by atoms with Crippen LogP contribution in [0.25, 0.3) is 23.0 Å².